The lowest BCUT2D eigenvalue weighted by Gasteiger charge is -2.16. The zero-order valence-corrected chi connectivity index (χ0v) is 10.3. The first-order valence-electron chi connectivity index (χ1n) is 4.77. The molecule has 1 aromatic rings. The largest absolute Gasteiger partial charge is 0.468 e. The van der Waals surface area contributed by atoms with Crippen molar-refractivity contribution in [3.63, 3.8) is 0 Å². The molecule has 0 saturated carbocycles. The highest BCUT2D eigenvalue weighted by Crippen LogP contribution is 2.26. The van der Waals surface area contributed by atoms with Gasteiger partial charge in [-0.05, 0) is 17.7 Å². The summed E-state index contributed by atoms with van der Waals surface area (Å²) >= 11 is 6.05. The van der Waals surface area contributed by atoms with Crippen LogP contribution in [0.15, 0.2) is 18.2 Å². The smallest absolute Gasteiger partial charge is 0.327 e. The van der Waals surface area contributed by atoms with Crippen molar-refractivity contribution in [1.82, 2.24) is 0 Å². The lowest BCUT2D eigenvalue weighted by Crippen LogP contribution is -2.23. The fourth-order valence-electron chi connectivity index (χ4n) is 1.30. The van der Waals surface area contributed by atoms with Crippen LogP contribution in [0.3, 0.4) is 0 Å². The van der Waals surface area contributed by atoms with Gasteiger partial charge < -0.3 is 15.4 Å². The third-order valence-electron chi connectivity index (χ3n) is 2.29. The molecular weight excluding hydrogens is 228 g/mol. The van der Waals surface area contributed by atoms with E-state index in [-0.39, 0.29) is 0 Å². The van der Waals surface area contributed by atoms with Crippen LogP contribution < -0.4 is 10.6 Å². The first-order valence-corrected chi connectivity index (χ1v) is 5.15. The Bertz CT molecular complexity index is 394. The van der Waals surface area contributed by atoms with Gasteiger partial charge in [-0.15, -0.1) is 0 Å². The Morgan fingerprint density at radius 2 is 2.12 bits per heavy atom. The summed E-state index contributed by atoms with van der Waals surface area (Å²) in [5.41, 5.74) is 7.22. The molecule has 0 spiro atoms. The summed E-state index contributed by atoms with van der Waals surface area (Å²) in [4.78, 5) is 13.2. The molecule has 0 aromatic heterocycles. The molecule has 0 unspecified atom stereocenters. The van der Waals surface area contributed by atoms with Crippen molar-refractivity contribution in [1.29, 1.82) is 0 Å². The van der Waals surface area contributed by atoms with Crippen LogP contribution in [-0.2, 0) is 9.53 Å². The van der Waals surface area contributed by atoms with Gasteiger partial charge in [0.05, 0.1) is 7.11 Å². The van der Waals surface area contributed by atoms with Crippen LogP contribution in [0.5, 0.6) is 0 Å². The van der Waals surface area contributed by atoms with E-state index in [4.69, 9.17) is 17.3 Å². The number of benzene rings is 1. The van der Waals surface area contributed by atoms with Gasteiger partial charge >= 0.3 is 5.97 Å². The van der Waals surface area contributed by atoms with Gasteiger partial charge in [0.25, 0.3) is 0 Å². The highest BCUT2D eigenvalue weighted by Gasteiger charge is 2.19. The monoisotopic (exact) mass is 242 g/mol. The van der Waals surface area contributed by atoms with Crippen LogP contribution in [0, 0.1) is 0 Å². The molecule has 0 fully saturated rings. The minimum absolute atomic E-state index is 0.462. The molecule has 1 atom stereocenters. The first kappa shape index (κ1) is 12.8. The highest BCUT2D eigenvalue weighted by atomic mass is 35.5. The summed E-state index contributed by atoms with van der Waals surface area (Å²) in [6.45, 7) is 0. The predicted molar refractivity (Wildman–Crippen MR) is 64.7 cm³/mol. The molecular formula is C11H15ClN2O2. The first-order chi connectivity index (χ1) is 7.47. The molecule has 1 aromatic carbocycles. The number of rotatable bonds is 3. The standard InChI is InChI=1S/C11H15ClN2O2/c1-14(2)7-4-5-8(9(12)6-7)10(13)11(15)16-3/h4-6,10H,13H2,1-3H3/t10-/m1/s1. The van der Waals surface area contributed by atoms with Crippen molar-refractivity contribution in [2.24, 2.45) is 5.73 Å². The number of nitrogens with zero attached hydrogens (tertiary/aromatic N) is 1. The number of methoxy groups -OCH3 is 1. The van der Waals surface area contributed by atoms with Crippen molar-refractivity contribution in [2.45, 2.75) is 6.04 Å². The molecule has 0 saturated heterocycles. The van der Waals surface area contributed by atoms with Crippen molar-refractivity contribution < 1.29 is 9.53 Å². The van der Waals surface area contributed by atoms with Crippen LogP contribution in [0.1, 0.15) is 11.6 Å². The second-order valence-corrected chi connectivity index (χ2v) is 4.01. The number of nitrogens with two attached hydrogens (primary N) is 1. The molecule has 0 aliphatic rings. The van der Waals surface area contributed by atoms with E-state index in [1.165, 1.54) is 7.11 Å². The number of esters is 1. The van der Waals surface area contributed by atoms with Crippen LogP contribution in [-0.4, -0.2) is 27.2 Å². The second-order valence-electron chi connectivity index (χ2n) is 3.60. The Balaban J connectivity index is 3.03. The van der Waals surface area contributed by atoms with Gasteiger partial charge in [-0.3, -0.25) is 4.79 Å². The van der Waals surface area contributed by atoms with E-state index >= 15 is 0 Å². The molecule has 0 radical (unpaired) electrons. The van der Waals surface area contributed by atoms with Gasteiger partial charge in [0.15, 0.2) is 0 Å². The Labute approximate surface area is 99.9 Å². The summed E-state index contributed by atoms with van der Waals surface area (Å²) in [6.07, 6.45) is 0. The molecule has 0 bridgehead atoms. The molecule has 0 aliphatic carbocycles. The minimum Gasteiger partial charge on any atom is -0.468 e. The van der Waals surface area contributed by atoms with Crippen LogP contribution in [0.4, 0.5) is 5.69 Å². The van der Waals surface area contributed by atoms with E-state index in [0.717, 1.165) is 5.69 Å². The lowest BCUT2D eigenvalue weighted by atomic mass is 10.1. The Kier molecular flexibility index (Phi) is 4.15. The van der Waals surface area contributed by atoms with Gasteiger partial charge in [-0.1, -0.05) is 17.7 Å². The number of carbonyl (C=O) groups is 1. The summed E-state index contributed by atoms with van der Waals surface area (Å²) in [5.74, 6) is -0.500. The zero-order chi connectivity index (χ0) is 12.3. The van der Waals surface area contributed by atoms with E-state index in [2.05, 4.69) is 4.74 Å². The van der Waals surface area contributed by atoms with Crippen LogP contribution in [0.25, 0.3) is 0 Å². The number of hydrogen-bond acceptors (Lipinski definition) is 4. The number of ether oxygens (including phenoxy) is 1. The Hall–Kier alpha value is -1.26. The minimum atomic E-state index is -0.839. The predicted octanol–water partition coefficient (Wildman–Crippen LogP) is 1.58. The molecule has 16 heavy (non-hydrogen) atoms. The molecule has 0 heterocycles. The number of carbonyl (C=O) groups excluding carboxylic acids is 1. The van der Waals surface area contributed by atoms with E-state index in [1.54, 1.807) is 12.1 Å². The maximum absolute atomic E-state index is 11.3. The summed E-state index contributed by atoms with van der Waals surface area (Å²) in [7, 11) is 5.11. The topological polar surface area (TPSA) is 55.6 Å². The van der Waals surface area contributed by atoms with Gasteiger partial charge in [-0.2, -0.15) is 0 Å². The summed E-state index contributed by atoms with van der Waals surface area (Å²) in [6, 6.07) is 4.51. The molecule has 5 heteroatoms. The number of anilines is 1. The van der Waals surface area contributed by atoms with Gasteiger partial charge in [0.1, 0.15) is 6.04 Å². The van der Waals surface area contributed by atoms with Gasteiger partial charge in [0.2, 0.25) is 0 Å². The molecule has 4 nitrogen and oxygen atoms in total. The summed E-state index contributed by atoms with van der Waals surface area (Å²) < 4.78 is 4.57. The normalized spacial score (nSPS) is 12.1. The fourth-order valence-corrected chi connectivity index (χ4v) is 1.59. The van der Waals surface area contributed by atoms with Gasteiger partial charge in [-0.25, -0.2) is 0 Å². The third kappa shape index (κ3) is 2.65. The van der Waals surface area contributed by atoms with Crippen molar-refractivity contribution in [2.75, 3.05) is 26.1 Å². The quantitative estimate of drug-likeness (QED) is 0.818. The molecule has 1 rings (SSSR count). The van der Waals surface area contributed by atoms with E-state index in [1.807, 2.05) is 25.1 Å². The molecule has 2 N–H and O–H groups in total. The van der Waals surface area contributed by atoms with E-state index in [0.29, 0.717) is 10.6 Å². The SMILES string of the molecule is COC(=O)[C@H](N)c1ccc(N(C)C)cc1Cl. The van der Waals surface area contributed by atoms with E-state index in [9.17, 15) is 4.79 Å². The number of halogens is 1. The van der Waals surface area contributed by atoms with Crippen molar-refractivity contribution in [3.05, 3.63) is 28.8 Å². The van der Waals surface area contributed by atoms with Gasteiger partial charge in [0, 0.05) is 24.8 Å². The Morgan fingerprint density at radius 1 is 1.50 bits per heavy atom. The van der Waals surface area contributed by atoms with Crippen LogP contribution >= 0.6 is 11.6 Å². The Morgan fingerprint density at radius 3 is 2.56 bits per heavy atom. The summed E-state index contributed by atoms with van der Waals surface area (Å²) in [5, 5.41) is 0.462. The second kappa shape index (κ2) is 5.18. The average Bonchev–Trinajstić information content (AvgIpc) is 2.26. The zero-order valence-electron chi connectivity index (χ0n) is 9.53. The highest BCUT2D eigenvalue weighted by molar-refractivity contribution is 6.32. The fraction of sp³-hybridized carbons (Fsp3) is 0.364. The maximum Gasteiger partial charge on any atom is 0.327 e. The maximum atomic E-state index is 11.3. The molecule has 0 amide bonds. The van der Waals surface area contributed by atoms with Crippen molar-refractivity contribution >= 4 is 23.3 Å². The molecule has 88 valence electrons. The third-order valence-corrected chi connectivity index (χ3v) is 2.62. The van der Waals surface area contributed by atoms with Crippen molar-refractivity contribution in [3.8, 4) is 0 Å². The number of hydrogen-bond donors (Lipinski definition) is 1. The van der Waals surface area contributed by atoms with Crippen LogP contribution in [0.2, 0.25) is 5.02 Å². The molecule has 0 aliphatic heterocycles. The lowest BCUT2D eigenvalue weighted by molar-refractivity contribution is -0.142. The van der Waals surface area contributed by atoms with E-state index < -0.39 is 12.0 Å². The average molecular weight is 243 g/mol.